The van der Waals surface area contributed by atoms with E-state index in [0.717, 1.165) is 5.92 Å². The first kappa shape index (κ1) is 10.0. The Bertz CT molecular complexity index is 134. The van der Waals surface area contributed by atoms with Gasteiger partial charge in [0.25, 0.3) is 0 Å². The molecule has 0 aromatic heterocycles. The van der Waals surface area contributed by atoms with Crippen molar-refractivity contribution < 1.29 is 0 Å². The molecule has 0 saturated carbocycles. The predicted molar refractivity (Wildman–Crippen MR) is 54.3 cm³/mol. The summed E-state index contributed by atoms with van der Waals surface area (Å²) >= 11 is 0. The highest BCUT2D eigenvalue weighted by atomic mass is 15.2. The molecule has 1 aliphatic heterocycles. The molecule has 1 heteroatoms. The molecule has 1 rings (SSSR count). The molecule has 0 aromatic carbocycles. The maximum Gasteiger partial charge on any atom is 0.0125 e. The summed E-state index contributed by atoms with van der Waals surface area (Å²) in [6.07, 6.45) is 4.20. The van der Waals surface area contributed by atoms with Crippen LogP contribution in [0.15, 0.2) is 0 Å². The van der Waals surface area contributed by atoms with Crippen LogP contribution in [0.25, 0.3) is 0 Å². The zero-order valence-electron chi connectivity index (χ0n) is 9.06. The first-order valence-corrected chi connectivity index (χ1v) is 5.29. The number of hydrogen-bond donors (Lipinski definition) is 0. The van der Waals surface area contributed by atoms with Crippen molar-refractivity contribution >= 4 is 0 Å². The summed E-state index contributed by atoms with van der Waals surface area (Å²) in [6.45, 7) is 11.9. The minimum Gasteiger partial charge on any atom is -0.298 e. The monoisotopic (exact) mass is 169 g/mol. The van der Waals surface area contributed by atoms with E-state index in [4.69, 9.17) is 0 Å². The average molecular weight is 169 g/mol. The molecule has 1 heterocycles. The van der Waals surface area contributed by atoms with Crippen LogP contribution < -0.4 is 0 Å². The van der Waals surface area contributed by atoms with Gasteiger partial charge in [-0.05, 0) is 46.1 Å². The molecule has 0 N–H and O–H groups in total. The molecule has 0 aromatic rings. The second-order valence-corrected chi connectivity index (χ2v) is 5.03. The van der Waals surface area contributed by atoms with Gasteiger partial charge in [0.1, 0.15) is 0 Å². The summed E-state index contributed by atoms with van der Waals surface area (Å²) in [7, 11) is 0. The van der Waals surface area contributed by atoms with Crippen LogP contribution in [0.2, 0.25) is 0 Å². The van der Waals surface area contributed by atoms with Crippen molar-refractivity contribution in [1.29, 1.82) is 0 Å². The fraction of sp³-hybridized carbons (Fsp3) is 1.00. The average Bonchev–Trinajstić information content (AvgIpc) is 2.03. The van der Waals surface area contributed by atoms with Crippen LogP contribution in [0, 0.1) is 5.92 Å². The van der Waals surface area contributed by atoms with Crippen LogP contribution >= 0.6 is 0 Å². The van der Waals surface area contributed by atoms with E-state index in [1.54, 1.807) is 0 Å². The normalized spacial score (nSPS) is 27.5. The quantitative estimate of drug-likeness (QED) is 0.583. The number of likely N-dealkylation sites (tertiary alicyclic amines) is 1. The van der Waals surface area contributed by atoms with E-state index in [9.17, 15) is 0 Å². The zero-order valence-corrected chi connectivity index (χ0v) is 9.06. The SMILES string of the molecule is CC[C@H]1CCCN(C(C)(C)C)C1. The highest BCUT2D eigenvalue weighted by Crippen LogP contribution is 2.24. The molecule has 1 aliphatic rings. The number of nitrogens with zero attached hydrogens (tertiary/aromatic N) is 1. The minimum atomic E-state index is 0.383. The van der Waals surface area contributed by atoms with E-state index >= 15 is 0 Å². The Morgan fingerprint density at radius 1 is 1.33 bits per heavy atom. The molecule has 1 fully saturated rings. The van der Waals surface area contributed by atoms with Crippen molar-refractivity contribution in [3.8, 4) is 0 Å². The maximum atomic E-state index is 2.63. The third-order valence-electron chi connectivity index (χ3n) is 3.05. The van der Waals surface area contributed by atoms with Gasteiger partial charge in [-0.2, -0.15) is 0 Å². The van der Waals surface area contributed by atoms with Gasteiger partial charge in [-0.3, -0.25) is 4.90 Å². The zero-order chi connectivity index (χ0) is 9.19. The summed E-state index contributed by atoms with van der Waals surface area (Å²) in [5.74, 6) is 0.956. The van der Waals surface area contributed by atoms with Crippen LogP contribution in [0.3, 0.4) is 0 Å². The van der Waals surface area contributed by atoms with Crippen LogP contribution in [0.5, 0.6) is 0 Å². The van der Waals surface area contributed by atoms with E-state index < -0.39 is 0 Å². The molecule has 0 bridgehead atoms. The molecule has 1 nitrogen and oxygen atoms in total. The Morgan fingerprint density at radius 3 is 2.50 bits per heavy atom. The van der Waals surface area contributed by atoms with Crippen molar-refractivity contribution in [3.63, 3.8) is 0 Å². The highest BCUT2D eigenvalue weighted by Gasteiger charge is 2.26. The second kappa shape index (κ2) is 3.78. The van der Waals surface area contributed by atoms with E-state index in [1.165, 1.54) is 32.4 Å². The molecule has 0 radical (unpaired) electrons. The molecule has 0 amide bonds. The third-order valence-corrected chi connectivity index (χ3v) is 3.05. The van der Waals surface area contributed by atoms with Gasteiger partial charge in [0.05, 0.1) is 0 Å². The number of rotatable bonds is 1. The van der Waals surface area contributed by atoms with Crippen molar-refractivity contribution in [2.45, 2.75) is 52.5 Å². The van der Waals surface area contributed by atoms with E-state index in [1.807, 2.05) is 0 Å². The fourth-order valence-corrected chi connectivity index (χ4v) is 2.01. The van der Waals surface area contributed by atoms with Gasteiger partial charge in [-0.25, -0.2) is 0 Å². The summed E-state index contributed by atoms with van der Waals surface area (Å²) in [5, 5.41) is 0. The lowest BCUT2D eigenvalue weighted by atomic mass is 9.92. The lowest BCUT2D eigenvalue weighted by molar-refractivity contribution is 0.0778. The predicted octanol–water partition coefficient (Wildman–Crippen LogP) is 2.91. The summed E-state index contributed by atoms with van der Waals surface area (Å²) in [4.78, 5) is 2.63. The standard InChI is InChI=1S/C11H23N/c1-5-10-7-6-8-12(9-10)11(2,3)4/h10H,5-9H2,1-4H3/t10-/m0/s1. The lowest BCUT2D eigenvalue weighted by Crippen LogP contribution is -2.47. The topological polar surface area (TPSA) is 3.24 Å². The Kier molecular flexibility index (Phi) is 3.16. The van der Waals surface area contributed by atoms with Gasteiger partial charge in [-0.15, -0.1) is 0 Å². The molecule has 0 spiro atoms. The molecular weight excluding hydrogens is 146 g/mol. The molecule has 0 aliphatic carbocycles. The molecule has 12 heavy (non-hydrogen) atoms. The maximum absolute atomic E-state index is 2.63. The molecular formula is C11H23N. The van der Waals surface area contributed by atoms with Crippen molar-refractivity contribution in [2.75, 3.05) is 13.1 Å². The highest BCUT2D eigenvalue weighted by molar-refractivity contribution is 4.81. The van der Waals surface area contributed by atoms with Crippen molar-refractivity contribution in [3.05, 3.63) is 0 Å². The largest absolute Gasteiger partial charge is 0.298 e. The summed E-state index contributed by atoms with van der Waals surface area (Å²) in [5.41, 5.74) is 0.383. The summed E-state index contributed by atoms with van der Waals surface area (Å²) in [6, 6.07) is 0. The smallest absolute Gasteiger partial charge is 0.0125 e. The van der Waals surface area contributed by atoms with Gasteiger partial charge < -0.3 is 0 Å². The first-order chi connectivity index (χ1) is 5.54. The molecule has 0 unspecified atom stereocenters. The van der Waals surface area contributed by atoms with Crippen LogP contribution in [-0.4, -0.2) is 23.5 Å². The first-order valence-electron chi connectivity index (χ1n) is 5.29. The van der Waals surface area contributed by atoms with Gasteiger partial charge in [0, 0.05) is 12.1 Å². The Labute approximate surface area is 77.1 Å². The molecule has 1 atom stereocenters. The lowest BCUT2D eigenvalue weighted by Gasteiger charge is -2.41. The van der Waals surface area contributed by atoms with Gasteiger partial charge in [0.2, 0.25) is 0 Å². The number of hydrogen-bond acceptors (Lipinski definition) is 1. The summed E-state index contributed by atoms with van der Waals surface area (Å²) < 4.78 is 0. The van der Waals surface area contributed by atoms with Crippen LogP contribution in [0.1, 0.15) is 47.0 Å². The second-order valence-electron chi connectivity index (χ2n) is 5.03. The van der Waals surface area contributed by atoms with E-state index in [2.05, 4.69) is 32.6 Å². The van der Waals surface area contributed by atoms with Crippen molar-refractivity contribution in [1.82, 2.24) is 4.90 Å². The van der Waals surface area contributed by atoms with Crippen molar-refractivity contribution in [2.24, 2.45) is 5.92 Å². The molecule has 1 saturated heterocycles. The third kappa shape index (κ3) is 2.48. The van der Waals surface area contributed by atoms with E-state index in [0.29, 0.717) is 5.54 Å². The Balaban J connectivity index is 2.46. The fourth-order valence-electron chi connectivity index (χ4n) is 2.01. The van der Waals surface area contributed by atoms with Gasteiger partial charge in [0.15, 0.2) is 0 Å². The van der Waals surface area contributed by atoms with Crippen LogP contribution in [0.4, 0.5) is 0 Å². The van der Waals surface area contributed by atoms with Gasteiger partial charge in [-0.1, -0.05) is 13.3 Å². The minimum absolute atomic E-state index is 0.383. The molecule has 72 valence electrons. The van der Waals surface area contributed by atoms with Crippen LogP contribution in [-0.2, 0) is 0 Å². The Hall–Kier alpha value is -0.0400. The van der Waals surface area contributed by atoms with E-state index in [-0.39, 0.29) is 0 Å². The van der Waals surface area contributed by atoms with Gasteiger partial charge >= 0.3 is 0 Å². The number of piperidine rings is 1. The Morgan fingerprint density at radius 2 is 2.00 bits per heavy atom.